The maximum atomic E-state index is 4.23. The number of aromatic nitrogens is 2. The monoisotopic (exact) mass is 278 g/mol. The van der Waals surface area contributed by atoms with Gasteiger partial charge >= 0.3 is 0 Å². The number of piperidine rings is 1. The van der Waals surface area contributed by atoms with E-state index in [4.69, 9.17) is 0 Å². The lowest BCUT2D eigenvalue weighted by Gasteiger charge is -2.35. The molecule has 0 spiro atoms. The highest BCUT2D eigenvalue weighted by Crippen LogP contribution is 2.20. The van der Waals surface area contributed by atoms with Crippen LogP contribution in [0.4, 0.5) is 0 Å². The number of hydrogen-bond acceptors (Lipinski definition) is 3. The van der Waals surface area contributed by atoms with E-state index >= 15 is 0 Å². The fraction of sp³-hybridized carbons (Fsp3) is 0.812. The maximum Gasteiger partial charge on any atom is 0.0492 e. The van der Waals surface area contributed by atoms with Crippen molar-refractivity contribution in [1.29, 1.82) is 0 Å². The van der Waals surface area contributed by atoms with E-state index in [1.807, 2.05) is 17.9 Å². The molecule has 1 atom stereocenters. The third-order valence-electron chi connectivity index (χ3n) is 4.66. The molecule has 4 nitrogen and oxygen atoms in total. The van der Waals surface area contributed by atoms with Crippen LogP contribution in [0.25, 0.3) is 0 Å². The summed E-state index contributed by atoms with van der Waals surface area (Å²) in [5, 5.41) is 7.88. The van der Waals surface area contributed by atoms with Gasteiger partial charge in [0.25, 0.3) is 0 Å². The van der Waals surface area contributed by atoms with Crippen LogP contribution >= 0.6 is 0 Å². The van der Waals surface area contributed by atoms with E-state index in [9.17, 15) is 0 Å². The summed E-state index contributed by atoms with van der Waals surface area (Å²) in [6.45, 7) is 9.42. The summed E-state index contributed by atoms with van der Waals surface area (Å²) in [4.78, 5) is 2.61. The Balaban J connectivity index is 1.68. The molecule has 0 bridgehead atoms. The molecule has 2 rings (SSSR count). The van der Waals surface area contributed by atoms with Crippen molar-refractivity contribution in [2.45, 2.75) is 45.6 Å². The van der Waals surface area contributed by atoms with Crippen molar-refractivity contribution < 1.29 is 0 Å². The minimum absolute atomic E-state index is 0.675. The average molecular weight is 278 g/mol. The molecule has 1 fully saturated rings. The molecule has 4 heteroatoms. The number of nitrogens with one attached hydrogen (secondary N) is 1. The Morgan fingerprint density at radius 2 is 2.15 bits per heavy atom. The Kier molecular flexibility index (Phi) is 6.05. The summed E-state index contributed by atoms with van der Waals surface area (Å²) in [7, 11) is 2.03. The molecule has 0 radical (unpaired) electrons. The molecule has 1 N–H and O–H groups in total. The summed E-state index contributed by atoms with van der Waals surface area (Å²) >= 11 is 0. The van der Waals surface area contributed by atoms with Gasteiger partial charge in [0.1, 0.15) is 0 Å². The first-order chi connectivity index (χ1) is 9.70. The molecule has 114 valence electrons. The van der Waals surface area contributed by atoms with E-state index in [0.29, 0.717) is 6.04 Å². The Labute approximate surface area is 123 Å². The molecule has 0 saturated carbocycles. The summed E-state index contributed by atoms with van der Waals surface area (Å²) in [6, 6.07) is 2.80. The Bertz CT molecular complexity index is 380. The zero-order valence-electron chi connectivity index (χ0n) is 13.3. The minimum atomic E-state index is 0.675. The first-order valence-electron chi connectivity index (χ1n) is 8.13. The van der Waals surface area contributed by atoms with Gasteiger partial charge in [0.15, 0.2) is 0 Å². The van der Waals surface area contributed by atoms with Crippen molar-refractivity contribution in [3.63, 3.8) is 0 Å². The van der Waals surface area contributed by atoms with Gasteiger partial charge < -0.3 is 10.2 Å². The fourth-order valence-corrected chi connectivity index (χ4v) is 3.13. The lowest BCUT2D eigenvalue weighted by molar-refractivity contribution is 0.163. The van der Waals surface area contributed by atoms with Gasteiger partial charge in [-0.05, 0) is 57.8 Å². The Morgan fingerprint density at radius 1 is 1.40 bits per heavy atom. The lowest BCUT2D eigenvalue weighted by atomic mass is 9.90. The van der Waals surface area contributed by atoms with Gasteiger partial charge in [-0.1, -0.05) is 6.92 Å². The number of hydrogen-bond donors (Lipinski definition) is 1. The highest BCUT2D eigenvalue weighted by atomic mass is 15.3. The van der Waals surface area contributed by atoms with Gasteiger partial charge in [-0.25, -0.2) is 0 Å². The Hall–Kier alpha value is -0.870. The van der Waals surface area contributed by atoms with Gasteiger partial charge in [0.05, 0.1) is 0 Å². The average Bonchev–Trinajstić information content (AvgIpc) is 2.88. The van der Waals surface area contributed by atoms with Crippen molar-refractivity contribution in [1.82, 2.24) is 20.0 Å². The molecular formula is C16H30N4. The van der Waals surface area contributed by atoms with E-state index in [-0.39, 0.29) is 0 Å². The third-order valence-corrected chi connectivity index (χ3v) is 4.66. The van der Waals surface area contributed by atoms with Crippen LogP contribution in [0.1, 0.15) is 38.8 Å². The minimum Gasteiger partial charge on any atom is -0.314 e. The highest BCUT2D eigenvalue weighted by Gasteiger charge is 2.23. The van der Waals surface area contributed by atoms with E-state index in [1.54, 1.807) is 0 Å². The molecule has 0 aliphatic carbocycles. The molecule has 1 aliphatic heterocycles. The van der Waals surface area contributed by atoms with E-state index < -0.39 is 0 Å². The van der Waals surface area contributed by atoms with Gasteiger partial charge in [-0.3, -0.25) is 4.68 Å². The molecule has 0 aromatic carbocycles. The van der Waals surface area contributed by atoms with Gasteiger partial charge in [0, 0.05) is 37.9 Å². The smallest absolute Gasteiger partial charge is 0.0492 e. The standard InChI is InChI=1S/C16H30N4/c1-4-9-17-14(2)15-6-11-20(12-7-15)13-8-16-5-10-18-19(16)3/h5,10,14-15,17H,4,6-9,11-13H2,1-3H3. The predicted molar refractivity (Wildman–Crippen MR) is 83.8 cm³/mol. The van der Waals surface area contributed by atoms with Crippen LogP contribution in [0.2, 0.25) is 0 Å². The first-order valence-corrected chi connectivity index (χ1v) is 8.13. The molecule has 20 heavy (non-hydrogen) atoms. The van der Waals surface area contributed by atoms with Crippen LogP contribution in [-0.2, 0) is 13.5 Å². The van der Waals surface area contributed by atoms with Gasteiger partial charge in [-0.15, -0.1) is 0 Å². The largest absolute Gasteiger partial charge is 0.314 e. The quantitative estimate of drug-likeness (QED) is 0.829. The fourth-order valence-electron chi connectivity index (χ4n) is 3.13. The molecular weight excluding hydrogens is 248 g/mol. The van der Waals surface area contributed by atoms with Crippen LogP contribution in [0.3, 0.4) is 0 Å². The van der Waals surface area contributed by atoms with Crippen LogP contribution in [0.5, 0.6) is 0 Å². The summed E-state index contributed by atoms with van der Waals surface area (Å²) < 4.78 is 1.99. The van der Waals surface area contributed by atoms with Crippen molar-refractivity contribution in [3.8, 4) is 0 Å². The van der Waals surface area contributed by atoms with Crippen molar-refractivity contribution >= 4 is 0 Å². The van der Waals surface area contributed by atoms with E-state index in [0.717, 1.165) is 18.9 Å². The normalized spacial score (nSPS) is 19.4. The summed E-state index contributed by atoms with van der Waals surface area (Å²) in [6.07, 6.45) is 6.91. The highest BCUT2D eigenvalue weighted by molar-refractivity contribution is 5.00. The molecule has 0 amide bonds. The van der Waals surface area contributed by atoms with E-state index in [2.05, 4.69) is 35.2 Å². The number of nitrogens with zero attached hydrogens (tertiary/aromatic N) is 3. The first kappa shape index (κ1) is 15.5. The van der Waals surface area contributed by atoms with Crippen molar-refractivity contribution in [2.75, 3.05) is 26.2 Å². The summed E-state index contributed by atoms with van der Waals surface area (Å²) in [5.41, 5.74) is 1.34. The van der Waals surface area contributed by atoms with Crippen LogP contribution < -0.4 is 5.32 Å². The molecule has 1 unspecified atom stereocenters. The zero-order valence-corrected chi connectivity index (χ0v) is 13.3. The second-order valence-electron chi connectivity index (χ2n) is 6.12. The molecule has 1 aromatic rings. The van der Waals surface area contributed by atoms with Gasteiger partial charge in [-0.2, -0.15) is 5.10 Å². The van der Waals surface area contributed by atoms with Crippen molar-refractivity contribution in [2.24, 2.45) is 13.0 Å². The van der Waals surface area contributed by atoms with Gasteiger partial charge in [0.2, 0.25) is 0 Å². The zero-order chi connectivity index (χ0) is 14.4. The lowest BCUT2D eigenvalue weighted by Crippen LogP contribution is -2.42. The van der Waals surface area contributed by atoms with Crippen LogP contribution in [0, 0.1) is 5.92 Å². The molecule has 1 saturated heterocycles. The SMILES string of the molecule is CCCNC(C)C1CCN(CCc2ccnn2C)CC1. The number of rotatable bonds is 7. The van der Waals surface area contributed by atoms with Crippen LogP contribution in [-0.4, -0.2) is 46.9 Å². The Morgan fingerprint density at radius 3 is 2.75 bits per heavy atom. The van der Waals surface area contributed by atoms with Crippen molar-refractivity contribution in [3.05, 3.63) is 18.0 Å². The number of likely N-dealkylation sites (tertiary alicyclic amines) is 1. The number of aryl methyl sites for hydroxylation is 1. The molecule has 1 aliphatic rings. The maximum absolute atomic E-state index is 4.23. The third kappa shape index (κ3) is 4.32. The van der Waals surface area contributed by atoms with E-state index in [1.165, 1.54) is 44.6 Å². The molecule has 2 heterocycles. The second-order valence-corrected chi connectivity index (χ2v) is 6.12. The molecule has 1 aromatic heterocycles. The summed E-state index contributed by atoms with van der Waals surface area (Å²) in [5.74, 6) is 0.856. The predicted octanol–water partition coefficient (Wildman–Crippen LogP) is 2.06. The topological polar surface area (TPSA) is 33.1 Å². The second kappa shape index (κ2) is 7.79. The van der Waals surface area contributed by atoms with Crippen LogP contribution in [0.15, 0.2) is 12.3 Å².